The summed E-state index contributed by atoms with van der Waals surface area (Å²) >= 11 is 0. The van der Waals surface area contributed by atoms with Crippen molar-refractivity contribution >= 4 is 112 Å². The van der Waals surface area contributed by atoms with Crippen molar-refractivity contribution in [1.82, 2.24) is 74.4 Å². The standard InChI is InChI=1S/C73H119N17O25/c1-15-35(10)56(70(111)89-58(73(114)115)37(12)17-3)85-51(96)30-77-62(103)44(26-32(4)5)80-60(101)38(13)78-64(105)45(27-40-18-20-41(93)21-19-40)81-63(104)43(23-24-49(75)94)79-67(108)48(31-91)84-65(106)47(29-53(99)100)83-72(113)59(39(14)92)90-69(110)55(34(8)9)87-71(112)57(36(11)16-2)88-66(107)46(28-50(76)95)82-68(109)54(33(6)7)86-61(102)42(74)22-25-52(97)98/h18-21,32-39,42-48,54-59,91-93H,15-17,22-31,74H2,1-14H3,(H2,75,94)(H2,76,95)(H,77,103)(H,78,105)(H,79,108)(H,80,101)(H,81,104)(H,82,109)(H,83,113)(H,84,106)(H,85,96)(H,86,102)(H,87,112)(H,88,107)(H,89,111)(H,90,110)(H,97,98)(H,99,100)(H,114,115)/t35-,36-,37-,38-,39+,42-,43-,44-,45-,46-,47-,48-,54-,55-,56-,57-,58-,59-/m0/s1. The fourth-order valence-electron chi connectivity index (χ4n) is 11.1. The molecule has 1 aromatic carbocycles. The molecule has 0 spiro atoms. The second-order valence-corrected chi connectivity index (χ2v) is 29.5. The van der Waals surface area contributed by atoms with Gasteiger partial charge in [-0.3, -0.25) is 86.3 Å². The van der Waals surface area contributed by atoms with Gasteiger partial charge in [0.05, 0.1) is 38.1 Å². The lowest BCUT2D eigenvalue weighted by Crippen LogP contribution is -2.63. The zero-order valence-corrected chi connectivity index (χ0v) is 67.3. The fraction of sp³-hybridized carbons (Fsp3) is 0.658. The highest BCUT2D eigenvalue weighted by Gasteiger charge is 2.41. The minimum absolute atomic E-state index is 0.0139. The Morgan fingerprint density at radius 1 is 0.391 bits per heavy atom. The van der Waals surface area contributed by atoms with Gasteiger partial charge in [-0.15, -0.1) is 0 Å². The number of hydrogen-bond acceptors (Lipinski definition) is 23. The number of benzene rings is 1. The maximum atomic E-state index is 14.4. The maximum Gasteiger partial charge on any atom is 0.326 e. The molecule has 0 aliphatic carbocycles. The van der Waals surface area contributed by atoms with Gasteiger partial charge in [-0.25, -0.2) is 4.79 Å². The van der Waals surface area contributed by atoms with Gasteiger partial charge in [-0.05, 0) is 86.3 Å². The van der Waals surface area contributed by atoms with Crippen LogP contribution in [0.1, 0.15) is 167 Å². The molecule has 0 bridgehead atoms. The highest BCUT2D eigenvalue weighted by atomic mass is 16.4. The minimum atomic E-state index is -2.21. The zero-order chi connectivity index (χ0) is 88.2. The third kappa shape index (κ3) is 36.2. The topological polar surface area (TPSA) is 692 Å². The van der Waals surface area contributed by atoms with E-state index in [1.165, 1.54) is 65.8 Å². The molecular weight excluding hydrogens is 1510 g/mol. The summed E-state index contributed by atoms with van der Waals surface area (Å²) in [4.78, 5) is 254. The van der Waals surface area contributed by atoms with Crippen LogP contribution in [0, 0.1) is 35.5 Å². The molecule has 1 aromatic rings. The first-order valence-electron chi connectivity index (χ1n) is 37.8. The largest absolute Gasteiger partial charge is 0.508 e. The molecule has 0 fully saturated rings. The van der Waals surface area contributed by atoms with Gasteiger partial charge in [0.2, 0.25) is 94.5 Å². The highest BCUT2D eigenvalue weighted by molar-refractivity contribution is 6.01. The summed E-state index contributed by atoms with van der Waals surface area (Å²) in [5, 5.41) is 93.2. The van der Waals surface area contributed by atoms with Crippen LogP contribution < -0.4 is 91.6 Å². The highest BCUT2D eigenvalue weighted by Crippen LogP contribution is 2.18. The van der Waals surface area contributed by atoms with Crippen molar-refractivity contribution in [3.05, 3.63) is 29.8 Å². The molecule has 42 heteroatoms. The third-order valence-corrected chi connectivity index (χ3v) is 18.6. The second kappa shape index (κ2) is 50.1. The Labute approximate surface area is 665 Å². The Hall–Kier alpha value is -11.2. The number of primary amides is 2. The van der Waals surface area contributed by atoms with E-state index in [1.807, 2.05) is 5.32 Å². The number of carboxylic acid groups (broad SMARTS) is 3. The Morgan fingerprint density at radius 3 is 1.26 bits per heavy atom. The Balaban J connectivity index is 3.53. The molecule has 42 nitrogen and oxygen atoms in total. The van der Waals surface area contributed by atoms with Crippen LogP contribution in [0.5, 0.6) is 5.75 Å². The van der Waals surface area contributed by atoms with Gasteiger partial charge in [-0.1, -0.05) is 114 Å². The van der Waals surface area contributed by atoms with Crippen LogP contribution in [0.4, 0.5) is 0 Å². The van der Waals surface area contributed by atoms with E-state index >= 15 is 0 Å². The van der Waals surface area contributed by atoms with E-state index in [9.17, 15) is 117 Å². The first-order chi connectivity index (χ1) is 53.5. The van der Waals surface area contributed by atoms with Gasteiger partial charge < -0.3 is 122 Å². The zero-order valence-electron chi connectivity index (χ0n) is 67.3. The summed E-state index contributed by atoms with van der Waals surface area (Å²) in [5.41, 5.74) is 17.0. The van der Waals surface area contributed by atoms with Crippen LogP contribution in [-0.4, -0.2) is 247 Å². The third-order valence-electron chi connectivity index (χ3n) is 18.6. The monoisotopic (exact) mass is 1630 g/mol. The number of hydrogen-bond donors (Lipinski definition) is 23. The molecule has 0 unspecified atom stereocenters. The number of aromatic hydroxyl groups is 1. The lowest BCUT2D eigenvalue weighted by atomic mass is 9.95. The second-order valence-electron chi connectivity index (χ2n) is 29.5. The van der Waals surface area contributed by atoms with E-state index < -0.39 is 284 Å². The van der Waals surface area contributed by atoms with Crippen LogP contribution >= 0.6 is 0 Å². The van der Waals surface area contributed by atoms with E-state index in [-0.39, 0.29) is 36.5 Å². The number of amides is 16. The van der Waals surface area contributed by atoms with Crippen molar-refractivity contribution in [2.24, 2.45) is 52.7 Å². The lowest BCUT2D eigenvalue weighted by molar-refractivity contribution is -0.144. The first-order valence-corrected chi connectivity index (χ1v) is 37.8. The summed E-state index contributed by atoms with van der Waals surface area (Å²) in [5.74, 6) is -25.4. The quantitative estimate of drug-likeness (QED) is 0.0289. The minimum Gasteiger partial charge on any atom is -0.508 e. The number of aliphatic hydroxyl groups excluding tert-OH is 2. The van der Waals surface area contributed by atoms with Crippen LogP contribution in [-0.2, 0) is 97.5 Å². The van der Waals surface area contributed by atoms with Crippen LogP contribution in [0.25, 0.3) is 0 Å². The molecule has 0 radical (unpaired) electrons. The van der Waals surface area contributed by atoms with Crippen molar-refractivity contribution < 1.29 is 122 Å². The summed E-state index contributed by atoms with van der Waals surface area (Å²) in [7, 11) is 0. The number of carboxylic acids is 3. The molecule has 115 heavy (non-hydrogen) atoms. The molecule has 0 aromatic heterocycles. The van der Waals surface area contributed by atoms with Gasteiger partial charge in [0.25, 0.3) is 0 Å². The van der Waals surface area contributed by atoms with Crippen LogP contribution in [0.2, 0.25) is 0 Å². The fourth-order valence-corrected chi connectivity index (χ4v) is 11.1. The van der Waals surface area contributed by atoms with E-state index in [2.05, 4.69) is 69.1 Å². The summed E-state index contributed by atoms with van der Waals surface area (Å²) in [6.07, 6.45) is -5.46. The molecule has 0 saturated heterocycles. The SMILES string of the molecule is CC[C@H](C)[C@H](NC(=O)[C@@H](NC(=O)CNC(=O)[C@H](CC(C)C)NC(=O)[C@H](C)NC(=O)[C@H](Cc1ccc(O)cc1)NC(=O)[C@H](CCC(N)=O)NC(=O)[C@H](CO)NC(=O)[C@H](CC(=O)O)NC(=O)[C@@H](NC(=O)[C@@H](NC(=O)[C@@H](NC(=O)[C@H](CC(N)=O)NC(=O)[C@@H](NC(=O)[C@@H](N)CCC(=O)O)C(C)C)[C@@H](C)CC)C(C)C)[C@@H](C)O)[C@@H](C)CC)C(=O)O. The van der Waals surface area contributed by atoms with Gasteiger partial charge in [0.15, 0.2) is 0 Å². The smallest absolute Gasteiger partial charge is 0.326 e. The Bertz CT molecular complexity index is 3560. The molecule has 0 saturated carbocycles. The molecule has 18 atom stereocenters. The molecule has 0 aliphatic rings. The lowest BCUT2D eigenvalue weighted by Gasteiger charge is -2.31. The molecule has 26 N–H and O–H groups in total. The van der Waals surface area contributed by atoms with E-state index in [4.69, 9.17) is 22.3 Å². The average molecular weight is 1630 g/mol. The van der Waals surface area contributed by atoms with E-state index in [1.54, 1.807) is 48.5 Å². The Kier molecular flexibility index (Phi) is 44.4. The Morgan fingerprint density at radius 2 is 0.791 bits per heavy atom. The van der Waals surface area contributed by atoms with Gasteiger partial charge in [0, 0.05) is 19.3 Å². The maximum absolute atomic E-state index is 14.4. The molecule has 0 heterocycles. The summed E-state index contributed by atoms with van der Waals surface area (Å²) < 4.78 is 0. The number of phenolic OH excluding ortho intramolecular Hbond substituents is 1. The summed E-state index contributed by atoms with van der Waals surface area (Å²) in [6.45, 7) is 19.5. The molecule has 0 aliphatic heterocycles. The number of carbonyl (C=O) groups excluding carboxylic acids is 16. The van der Waals surface area contributed by atoms with Crippen molar-refractivity contribution in [2.45, 2.75) is 258 Å². The van der Waals surface area contributed by atoms with Crippen molar-refractivity contribution in [2.75, 3.05) is 13.2 Å². The predicted octanol–water partition coefficient (Wildman–Crippen LogP) is -5.86. The number of rotatable bonds is 53. The van der Waals surface area contributed by atoms with Crippen LogP contribution in [0.15, 0.2) is 24.3 Å². The number of carbonyl (C=O) groups is 19. The normalized spacial score (nSPS) is 15.9. The van der Waals surface area contributed by atoms with Crippen molar-refractivity contribution in [1.29, 1.82) is 0 Å². The first kappa shape index (κ1) is 102. The number of nitrogens with two attached hydrogens (primary N) is 3. The molecule has 16 amide bonds. The van der Waals surface area contributed by atoms with Gasteiger partial charge in [-0.2, -0.15) is 0 Å². The van der Waals surface area contributed by atoms with Crippen molar-refractivity contribution in [3.8, 4) is 5.75 Å². The van der Waals surface area contributed by atoms with Gasteiger partial charge >= 0.3 is 17.9 Å². The van der Waals surface area contributed by atoms with Crippen LogP contribution in [0.3, 0.4) is 0 Å². The number of aliphatic hydroxyl groups is 2. The molecule has 1 rings (SSSR count). The van der Waals surface area contributed by atoms with E-state index in [0.29, 0.717) is 12.8 Å². The average Bonchev–Trinajstić information content (AvgIpc) is 0.843. The summed E-state index contributed by atoms with van der Waals surface area (Å²) in [6, 6.07) is -17.8. The van der Waals surface area contributed by atoms with Gasteiger partial charge in [0.1, 0.15) is 84.3 Å². The molecular formula is C73H119N17O25. The number of phenols is 1. The molecule has 646 valence electrons. The number of aliphatic carboxylic acids is 3. The number of nitrogens with one attached hydrogen (secondary N) is 14. The van der Waals surface area contributed by atoms with E-state index in [0.717, 1.165) is 6.92 Å². The predicted molar refractivity (Wildman–Crippen MR) is 409 cm³/mol. The van der Waals surface area contributed by atoms with Crippen molar-refractivity contribution in [3.63, 3.8) is 0 Å².